The van der Waals surface area contributed by atoms with E-state index in [0.29, 0.717) is 28.2 Å². The molecule has 140 valence electrons. The quantitative estimate of drug-likeness (QED) is 0.712. The molecular weight excluding hydrogens is 420 g/mol. The van der Waals surface area contributed by atoms with Crippen LogP contribution in [0.5, 0.6) is 5.75 Å². The topological polar surface area (TPSA) is 75.7 Å². The van der Waals surface area contributed by atoms with Gasteiger partial charge in [0.15, 0.2) is 0 Å². The summed E-state index contributed by atoms with van der Waals surface area (Å²) in [6.07, 6.45) is 1.08. The van der Waals surface area contributed by atoms with Crippen LogP contribution < -0.4 is 14.4 Å². The first-order valence-corrected chi connectivity index (χ1v) is 10.7. The fourth-order valence-electron chi connectivity index (χ4n) is 2.46. The molecule has 1 unspecified atom stereocenters. The van der Waals surface area contributed by atoms with E-state index < -0.39 is 22.0 Å². The largest absolute Gasteiger partial charge is 0.494 e. The van der Waals surface area contributed by atoms with Gasteiger partial charge in [0.1, 0.15) is 11.8 Å². The molecule has 2 aromatic carbocycles. The predicted octanol–water partition coefficient (Wildman–Crippen LogP) is 3.64. The lowest BCUT2D eigenvalue weighted by Crippen LogP contribution is -2.45. The van der Waals surface area contributed by atoms with Crippen LogP contribution in [0.2, 0.25) is 0 Å². The summed E-state index contributed by atoms with van der Waals surface area (Å²) >= 11 is 3.36. The highest BCUT2D eigenvalue weighted by molar-refractivity contribution is 9.10. The van der Waals surface area contributed by atoms with Crippen molar-refractivity contribution in [2.45, 2.75) is 19.9 Å². The zero-order chi connectivity index (χ0) is 19.3. The first kappa shape index (κ1) is 20.3. The molecule has 8 heteroatoms. The van der Waals surface area contributed by atoms with E-state index in [1.54, 1.807) is 49.4 Å². The van der Waals surface area contributed by atoms with Crippen molar-refractivity contribution >= 4 is 43.2 Å². The smallest absolute Gasteiger partial charge is 0.248 e. The van der Waals surface area contributed by atoms with E-state index in [1.807, 2.05) is 13.0 Å². The summed E-state index contributed by atoms with van der Waals surface area (Å²) in [5.74, 6) is 0.200. The summed E-state index contributed by atoms with van der Waals surface area (Å²) in [6, 6.07) is 12.8. The van der Waals surface area contributed by atoms with Gasteiger partial charge in [-0.3, -0.25) is 9.10 Å². The lowest BCUT2D eigenvalue weighted by molar-refractivity contribution is -0.116. The maximum Gasteiger partial charge on any atom is 0.248 e. The molecule has 0 saturated carbocycles. The lowest BCUT2D eigenvalue weighted by atomic mass is 10.2. The third-order valence-corrected chi connectivity index (χ3v) is 5.56. The van der Waals surface area contributed by atoms with Crippen LogP contribution in [0.15, 0.2) is 53.0 Å². The van der Waals surface area contributed by atoms with Crippen molar-refractivity contribution in [3.05, 3.63) is 53.0 Å². The molecule has 0 aromatic heterocycles. The summed E-state index contributed by atoms with van der Waals surface area (Å²) in [5.41, 5.74) is 0.968. The number of hydrogen-bond acceptors (Lipinski definition) is 4. The van der Waals surface area contributed by atoms with Crippen LogP contribution >= 0.6 is 15.9 Å². The van der Waals surface area contributed by atoms with E-state index in [9.17, 15) is 13.2 Å². The van der Waals surface area contributed by atoms with Gasteiger partial charge in [-0.05, 0) is 66.2 Å². The third kappa shape index (κ3) is 4.98. The molecule has 0 spiro atoms. The molecular formula is C18H21BrN2O4S. The molecule has 26 heavy (non-hydrogen) atoms. The van der Waals surface area contributed by atoms with Crippen molar-refractivity contribution in [3.8, 4) is 5.75 Å². The molecule has 2 aromatic rings. The van der Waals surface area contributed by atoms with Crippen LogP contribution in [-0.2, 0) is 14.8 Å². The summed E-state index contributed by atoms with van der Waals surface area (Å²) in [6.45, 7) is 3.93. The number of benzene rings is 2. The number of carbonyl (C=O) groups excluding carboxylic acids is 1. The van der Waals surface area contributed by atoms with Gasteiger partial charge in [-0.2, -0.15) is 0 Å². The number of carbonyl (C=O) groups is 1. The van der Waals surface area contributed by atoms with Crippen LogP contribution in [0, 0.1) is 0 Å². The van der Waals surface area contributed by atoms with E-state index in [2.05, 4.69) is 21.2 Å². The average molecular weight is 441 g/mol. The van der Waals surface area contributed by atoms with Gasteiger partial charge in [-0.25, -0.2) is 8.42 Å². The fourth-order valence-corrected chi connectivity index (χ4v) is 4.02. The number of nitrogens with one attached hydrogen (secondary N) is 1. The molecule has 1 N–H and O–H groups in total. The Bertz CT molecular complexity index is 869. The monoisotopic (exact) mass is 440 g/mol. The van der Waals surface area contributed by atoms with Crippen molar-refractivity contribution in [3.63, 3.8) is 0 Å². The molecule has 0 aliphatic heterocycles. The molecule has 0 aliphatic carbocycles. The first-order chi connectivity index (χ1) is 12.2. The van der Waals surface area contributed by atoms with Gasteiger partial charge in [0.2, 0.25) is 15.9 Å². The number of nitrogens with zero attached hydrogens (tertiary/aromatic N) is 1. The third-order valence-electron chi connectivity index (χ3n) is 3.62. The van der Waals surface area contributed by atoms with Crippen LogP contribution in [0.4, 0.5) is 11.4 Å². The zero-order valence-electron chi connectivity index (χ0n) is 14.8. The Kier molecular flexibility index (Phi) is 6.66. The first-order valence-electron chi connectivity index (χ1n) is 8.01. The minimum atomic E-state index is -3.67. The van der Waals surface area contributed by atoms with Crippen molar-refractivity contribution in [2.75, 3.05) is 22.5 Å². The summed E-state index contributed by atoms with van der Waals surface area (Å²) < 4.78 is 31.8. The Labute approximate surface area is 162 Å². The summed E-state index contributed by atoms with van der Waals surface area (Å²) in [5, 5.41) is 2.75. The standard InChI is InChI=1S/C18H21BrN2O4S/c1-4-25-15-11-9-14(10-12-15)21(26(3,23)24)13(2)18(22)20-17-8-6-5-7-16(17)19/h5-13H,4H2,1-3H3,(H,20,22). The van der Waals surface area contributed by atoms with Crippen molar-refractivity contribution < 1.29 is 17.9 Å². The average Bonchev–Trinajstić information content (AvgIpc) is 2.57. The van der Waals surface area contributed by atoms with E-state index in [1.165, 1.54) is 0 Å². The van der Waals surface area contributed by atoms with E-state index >= 15 is 0 Å². The number of ether oxygens (including phenoxy) is 1. The number of amides is 1. The van der Waals surface area contributed by atoms with Gasteiger partial charge in [0.25, 0.3) is 0 Å². The molecule has 0 radical (unpaired) electrons. The van der Waals surface area contributed by atoms with E-state index in [-0.39, 0.29) is 0 Å². The molecule has 0 heterocycles. The van der Waals surface area contributed by atoms with Crippen LogP contribution in [0.25, 0.3) is 0 Å². The van der Waals surface area contributed by atoms with Crippen molar-refractivity contribution in [2.24, 2.45) is 0 Å². The number of hydrogen-bond donors (Lipinski definition) is 1. The minimum Gasteiger partial charge on any atom is -0.494 e. The van der Waals surface area contributed by atoms with Gasteiger partial charge in [-0.1, -0.05) is 12.1 Å². The minimum absolute atomic E-state index is 0.394. The van der Waals surface area contributed by atoms with Crippen molar-refractivity contribution in [1.82, 2.24) is 0 Å². The molecule has 0 bridgehead atoms. The maximum atomic E-state index is 12.6. The van der Waals surface area contributed by atoms with Gasteiger partial charge in [0, 0.05) is 4.47 Å². The highest BCUT2D eigenvalue weighted by Gasteiger charge is 2.29. The SMILES string of the molecule is CCOc1ccc(N(C(C)C(=O)Nc2ccccc2Br)S(C)(=O)=O)cc1. The number of para-hydroxylation sites is 1. The Morgan fingerprint density at radius 3 is 2.35 bits per heavy atom. The molecule has 0 saturated heterocycles. The second-order valence-corrected chi connectivity index (χ2v) is 8.34. The van der Waals surface area contributed by atoms with E-state index in [0.717, 1.165) is 10.6 Å². The Morgan fingerprint density at radius 2 is 1.81 bits per heavy atom. The zero-order valence-corrected chi connectivity index (χ0v) is 17.2. The van der Waals surface area contributed by atoms with Gasteiger partial charge in [0.05, 0.1) is 24.2 Å². The molecule has 2 rings (SSSR count). The van der Waals surface area contributed by atoms with Crippen LogP contribution in [0.3, 0.4) is 0 Å². The Balaban J connectivity index is 2.28. The number of halogens is 1. The van der Waals surface area contributed by atoms with E-state index in [4.69, 9.17) is 4.74 Å². The Morgan fingerprint density at radius 1 is 1.19 bits per heavy atom. The molecule has 1 atom stereocenters. The van der Waals surface area contributed by atoms with Gasteiger partial charge >= 0.3 is 0 Å². The number of rotatable bonds is 7. The molecule has 0 fully saturated rings. The molecule has 0 aliphatic rings. The van der Waals surface area contributed by atoms with Crippen LogP contribution in [0.1, 0.15) is 13.8 Å². The van der Waals surface area contributed by atoms with Crippen LogP contribution in [-0.4, -0.2) is 33.2 Å². The van der Waals surface area contributed by atoms with Gasteiger partial charge < -0.3 is 10.1 Å². The lowest BCUT2D eigenvalue weighted by Gasteiger charge is -2.28. The predicted molar refractivity (Wildman–Crippen MR) is 107 cm³/mol. The molecule has 1 amide bonds. The normalized spacial score (nSPS) is 12.3. The second-order valence-electron chi connectivity index (χ2n) is 5.63. The number of anilines is 2. The summed E-state index contributed by atoms with van der Waals surface area (Å²) in [4.78, 5) is 12.6. The fraction of sp³-hybridized carbons (Fsp3) is 0.278. The number of sulfonamides is 1. The molecule has 6 nitrogen and oxygen atoms in total. The second kappa shape index (κ2) is 8.55. The summed E-state index contributed by atoms with van der Waals surface area (Å²) in [7, 11) is -3.67. The Hall–Kier alpha value is -2.06. The van der Waals surface area contributed by atoms with Gasteiger partial charge in [-0.15, -0.1) is 0 Å². The highest BCUT2D eigenvalue weighted by Crippen LogP contribution is 2.26. The highest BCUT2D eigenvalue weighted by atomic mass is 79.9. The van der Waals surface area contributed by atoms with Crippen molar-refractivity contribution in [1.29, 1.82) is 0 Å². The maximum absolute atomic E-state index is 12.6.